The molecule has 38 heavy (non-hydrogen) atoms. The third kappa shape index (κ3) is 6.22. The zero-order valence-electron chi connectivity index (χ0n) is 22.1. The number of carbonyl (C=O) groups excluding carboxylic acids is 2. The Bertz CT molecular complexity index is 1200. The normalized spacial score (nSPS) is 19.1. The first kappa shape index (κ1) is 25.9. The smallest absolute Gasteiger partial charge is 0.320 e. The summed E-state index contributed by atoms with van der Waals surface area (Å²) in [5, 5.41) is 3.63. The fourth-order valence-corrected chi connectivity index (χ4v) is 5.49. The van der Waals surface area contributed by atoms with Crippen molar-refractivity contribution in [1.82, 2.24) is 25.0 Å². The van der Waals surface area contributed by atoms with Gasteiger partial charge in [0.25, 0.3) is 5.91 Å². The molecular weight excluding hydrogens is 474 g/mol. The topological polar surface area (TPSA) is 68.8 Å². The van der Waals surface area contributed by atoms with Gasteiger partial charge in [-0.05, 0) is 73.2 Å². The molecule has 1 aromatic heterocycles. The highest BCUT2D eigenvalue weighted by molar-refractivity contribution is 5.94. The average molecular weight is 512 g/mol. The van der Waals surface area contributed by atoms with Crippen LogP contribution in [0.1, 0.15) is 35.2 Å². The van der Waals surface area contributed by atoms with E-state index in [1.165, 1.54) is 5.56 Å². The van der Waals surface area contributed by atoms with Gasteiger partial charge < -0.3 is 20.0 Å². The Hall–Kier alpha value is -3.71. The average Bonchev–Trinajstić information content (AvgIpc) is 3.66. The van der Waals surface area contributed by atoms with Crippen molar-refractivity contribution in [3.63, 3.8) is 0 Å². The summed E-state index contributed by atoms with van der Waals surface area (Å²) in [5.41, 5.74) is 4.16. The molecule has 1 N–H and O–H groups in total. The molecule has 0 unspecified atom stereocenters. The number of carbonyl (C=O) groups is 2. The molecule has 5 rings (SSSR count). The van der Waals surface area contributed by atoms with E-state index < -0.39 is 0 Å². The molecule has 3 aromatic rings. The maximum absolute atomic E-state index is 13.2. The SMILES string of the molecule is CN(C(=O)c1ccc(-c2ccncc2)cc1)[C@H]1CCN(C(=O)N2CC[C@H](NCCCc3ccccc3)C2)C1. The van der Waals surface area contributed by atoms with Crippen molar-refractivity contribution in [2.75, 3.05) is 39.8 Å². The number of amides is 3. The number of hydrogen-bond donors (Lipinski definition) is 1. The van der Waals surface area contributed by atoms with Gasteiger partial charge in [-0.1, -0.05) is 42.5 Å². The Morgan fingerprint density at radius 2 is 1.58 bits per heavy atom. The lowest BCUT2D eigenvalue weighted by atomic mass is 10.0. The Kier molecular flexibility index (Phi) is 8.34. The summed E-state index contributed by atoms with van der Waals surface area (Å²) in [6.07, 6.45) is 7.48. The van der Waals surface area contributed by atoms with E-state index in [1.807, 2.05) is 59.3 Å². The minimum absolute atomic E-state index is 0.00786. The molecule has 0 saturated carbocycles. The van der Waals surface area contributed by atoms with Gasteiger partial charge >= 0.3 is 6.03 Å². The Morgan fingerprint density at radius 1 is 0.895 bits per heavy atom. The van der Waals surface area contributed by atoms with Crippen LogP contribution >= 0.6 is 0 Å². The molecule has 7 heteroatoms. The molecule has 3 heterocycles. The van der Waals surface area contributed by atoms with Gasteiger partial charge in [0, 0.05) is 57.2 Å². The first-order valence-electron chi connectivity index (χ1n) is 13.7. The maximum Gasteiger partial charge on any atom is 0.320 e. The summed E-state index contributed by atoms with van der Waals surface area (Å²) in [6.45, 7) is 3.78. The van der Waals surface area contributed by atoms with Gasteiger partial charge in [-0.25, -0.2) is 4.79 Å². The fraction of sp³-hybridized carbons (Fsp3) is 0.387. The Balaban J connectivity index is 1.07. The van der Waals surface area contributed by atoms with E-state index in [1.54, 1.807) is 17.3 Å². The number of aromatic nitrogens is 1. The van der Waals surface area contributed by atoms with Crippen LogP contribution in [0.4, 0.5) is 4.79 Å². The molecule has 0 aliphatic carbocycles. The highest BCUT2D eigenvalue weighted by Gasteiger charge is 2.35. The number of likely N-dealkylation sites (tertiary alicyclic amines) is 2. The molecule has 0 radical (unpaired) electrons. The van der Waals surface area contributed by atoms with Crippen LogP contribution in [0.2, 0.25) is 0 Å². The number of rotatable bonds is 8. The van der Waals surface area contributed by atoms with Gasteiger partial charge in [0.15, 0.2) is 0 Å². The number of nitrogens with zero attached hydrogens (tertiary/aromatic N) is 4. The lowest BCUT2D eigenvalue weighted by molar-refractivity contribution is 0.0735. The lowest BCUT2D eigenvalue weighted by Crippen LogP contribution is -2.45. The first-order chi connectivity index (χ1) is 18.6. The second-order valence-corrected chi connectivity index (χ2v) is 10.4. The molecule has 2 saturated heterocycles. The van der Waals surface area contributed by atoms with Gasteiger partial charge in [0.2, 0.25) is 0 Å². The number of benzene rings is 2. The number of likely N-dealkylation sites (N-methyl/N-ethyl adjacent to an activating group) is 1. The van der Waals surface area contributed by atoms with Crippen LogP contribution in [-0.2, 0) is 6.42 Å². The van der Waals surface area contributed by atoms with E-state index in [9.17, 15) is 9.59 Å². The predicted molar refractivity (Wildman–Crippen MR) is 150 cm³/mol. The standard InChI is InChI=1S/C31H37N5O2/c1-34(30(37)27-11-9-25(10-12-27)26-13-18-32-19-14-26)29-16-21-36(23-29)31(38)35-20-15-28(22-35)33-17-5-8-24-6-3-2-4-7-24/h2-4,6-7,9-14,18-19,28-29,33H,5,8,15-17,20-23H2,1H3/t28-,29-/m0/s1. The summed E-state index contributed by atoms with van der Waals surface area (Å²) in [6, 6.07) is 22.7. The van der Waals surface area contributed by atoms with E-state index in [4.69, 9.17) is 0 Å². The van der Waals surface area contributed by atoms with Gasteiger partial charge in [0.1, 0.15) is 0 Å². The van der Waals surface area contributed by atoms with E-state index in [-0.39, 0.29) is 18.0 Å². The molecule has 198 valence electrons. The summed E-state index contributed by atoms with van der Waals surface area (Å²) >= 11 is 0. The molecule has 2 atom stereocenters. The van der Waals surface area contributed by atoms with Gasteiger partial charge in [-0.3, -0.25) is 9.78 Å². The highest BCUT2D eigenvalue weighted by atomic mass is 16.2. The second kappa shape index (κ2) is 12.2. The van der Waals surface area contributed by atoms with Crippen molar-refractivity contribution in [3.8, 4) is 11.1 Å². The molecular formula is C31H37N5O2. The summed E-state index contributed by atoms with van der Waals surface area (Å²) < 4.78 is 0. The Labute approximate surface area is 225 Å². The molecule has 2 fully saturated rings. The monoisotopic (exact) mass is 511 g/mol. The largest absolute Gasteiger partial charge is 0.337 e. The van der Waals surface area contributed by atoms with E-state index in [2.05, 4.69) is 34.6 Å². The van der Waals surface area contributed by atoms with Crippen molar-refractivity contribution in [3.05, 3.63) is 90.3 Å². The second-order valence-electron chi connectivity index (χ2n) is 10.4. The zero-order valence-corrected chi connectivity index (χ0v) is 22.1. The number of aryl methyl sites for hydroxylation is 1. The maximum atomic E-state index is 13.2. The quantitative estimate of drug-likeness (QED) is 0.458. The number of urea groups is 1. The third-order valence-electron chi connectivity index (χ3n) is 7.82. The third-order valence-corrected chi connectivity index (χ3v) is 7.82. The fourth-order valence-electron chi connectivity index (χ4n) is 5.49. The minimum Gasteiger partial charge on any atom is -0.337 e. The van der Waals surface area contributed by atoms with Crippen LogP contribution < -0.4 is 5.32 Å². The zero-order chi connectivity index (χ0) is 26.3. The summed E-state index contributed by atoms with van der Waals surface area (Å²) in [5.74, 6) is -0.00786. The number of hydrogen-bond acceptors (Lipinski definition) is 4. The van der Waals surface area contributed by atoms with Crippen molar-refractivity contribution >= 4 is 11.9 Å². The van der Waals surface area contributed by atoms with Gasteiger partial charge in [0.05, 0.1) is 6.04 Å². The molecule has 0 bridgehead atoms. The van der Waals surface area contributed by atoms with Gasteiger partial charge in [-0.15, -0.1) is 0 Å². The van der Waals surface area contributed by atoms with E-state index >= 15 is 0 Å². The van der Waals surface area contributed by atoms with Crippen LogP contribution in [0.25, 0.3) is 11.1 Å². The van der Waals surface area contributed by atoms with Crippen LogP contribution in [-0.4, -0.2) is 83.5 Å². The van der Waals surface area contributed by atoms with Crippen LogP contribution in [0.15, 0.2) is 79.1 Å². The Morgan fingerprint density at radius 3 is 2.34 bits per heavy atom. The highest BCUT2D eigenvalue weighted by Crippen LogP contribution is 2.22. The summed E-state index contributed by atoms with van der Waals surface area (Å²) in [7, 11) is 1.85. The first-order valence-corrected chi connectivity index (χ1v) is 13.7. The molecule has 3 amide bonds. The van der Waals surface area contributed by atoms with Crippen LogP contribution in [0, 0.1) is 0 Å². The molecule has 2 aliphatic rings. The van der Waals surface area contributed by atoms with Crippen molar-refractivity contribution in [2.45, 2.75) is 37.8 Å². The molecule has 2 aliphatic heterocycles. The number of nitrogens with one attached hydrogen (secondary N) is 1. The molecule has 2 aromatic carbocycles. The van der Waals surface area contributed by atoms with Crippen molar-refractivity contribution in [1.29, 1.82) is 0 Å². The molecule has 7 nitrogen and oxygen atoms in total. The van der Waals surface area contributed by atoms with Crippen LogP contribution in [0.5, 0.6) is 0 Å². The number of pyridine rings is 1. The van der Waals surface area contributed by atoms with E-state index in [0.717, 1.165) is 56.4 Å². The van der Waals surface area contributed by atoms with E-state index in [0.29, 0.717) is 24.7 Å². The molecule has 0 spiro atoms. The predicted octanol–water partition coefficient (Wildman–Crippen LogP) is 4.31. The van der Waals surface area contributed by atoms with Crippen molar-refractivity contribution in [2.24, 2.45) is 0 Å². The summed E-state index contributed by atoms with van der Waals surface area (Å²) in [4.78, 5) is 36.1. The van der Waals surface area contributed by atoms with Crippen LogP contribution in [0.3, 0.4) is 0 Å². The van der Waals surface area contributed by atoms with Gasteiger partial charge in [-0.2, -0.15) is 0 Å². The lowest BCUT2D eigenvalue weighted by Gasteiger charge is -2.27. The minimum atomic E-state index is -0.00786. The van der Waals surface area contributed by atoms with Crippen molar-refractivity contribution < 1.29 is 9.59 Å².